The van der Waals surface area contributed by atoms with Gasteiger partial charge in [-0.05, 0) is 42.5 Å². The molecule has 1 aromatic heterocycles. The fraction of sp³-hybridized carbons (Fsp3) is 0.158. The van der Waals surface area contributed by atoms with Gasteiger partial charge in [-0.25, -0.2) is 0 Å². The van der Waals surface area contributed by atoms with Gasteiger partial charge in [-0.3, -0.25) is 9.59 Å². The maximum Gasteiger partial charge on any atom is 0.225 e. The molecule has 0 spiro atoms. The van der Waals surface area contributed by atoms with Gasteiger partial charge < -0.3 is 14.5 Å². The van der Waals surface area contributed by atoms with Gasteiger partial charge in [0.25, 0.3) is 0 Å². The van der Waals surface area contributed by atoms with Gasteiger partial charge in [0, 0.05) is 29.6 Å². The SMILES string of the molecule is COc1ccc2oc(-c3ccc(NC(=O)CCCl)cc3)cc(=O)c2c1. The molecule has 0 aliphatic heterocycles. The Morgan fingerprint density at radius 1 is 1.16 bits per heavy atom. The molecule has 5 nitrogen and oxygen atoms in total. The summed E-state index contributed by atoms with van der Waals surface area (Å²) in [7, 11) is 1.55. The highest BCUT2D eigenvalue weighted by molar-refractivity contribution is 6.19. The Hall–Kier alpha value is -2.79. The number of hydrogen-bond donors (Lipinski definition) is 1. The maximum atomic E-state index is 12.3. The molecule has 0 bridgehead atoms. The van der Waals surface area contributed by atoms with E-state index in [9.17, 15) is 9.59 Å². The van der Waals surface area contributed by atoms with Gasteiger partial charge in [-0.2, -0.15) is 0 Å². The summed E-state index contributed by atoms with van der Waals surface area (Å²) >= 11 is 5.54. The van der Waals surface area contributed by atoms with Crippen LogP contribution in [-0.2, 0) is 4.79 Å². The van der Waals surface area contributed by atoms with E-state index in [1.54, 1.807) is 49.6 Å². The average molecular weight is 358 g/mol. The van der Waals surface area contributed by atoms with Crippen molar-refractivity contribution < 1.29 is 13.9 Å². The lowest BCUT2D eigenvalue weighted by Gasteiger charge is -2.07. The number of nitrogens with one attached hydrogen (secondary N) is 1. The van der Waals surface area contributed by atoms with E-state index in [0.29, 0.717) is 28.2 Å². The molecule has 3 aromatic rings. The van der Waals surface area contributed by atoms with E-state index in [1.165, 1.54) is 6.07 Å². The quantitative estimate of drug-likeness (QED) is 0.700. The molecule has 0 unspecified atom stereocenters. The van der Waals surface area contributed by atoms with Crippen molar-refractivity contribution in [2.45, 2.75) is 6.42 Å². The first-order valence-corrected chi connectivity index (χ1v) is 8.22. The van der Waals surface area contributed by atoms with E-state index in [1.807, 2.05) is 0 Å². The van der Waals surface area contributed by atoms with Gasteiger partial charge in [0.2, 0.25) is 5.91 Å². The Balaban J connectivity index is 1.91. The average Bonchev–Trinajstić information content (AvgIpc) is 2.62. The van der Waals surface area contributed by atoms with Crippen LogP contribution in [0.25, 0.3) is 22.3 Å². The number of amides is 1. The minimum Gasteiger partial charge on any atom is -0.497 e. The van der Waals surface area contributed by atoms with Crippen molar-refractivity contribution in [1.29, 1.82) is 0 Å². The van der Waals surface area contributed by atoms with Crippen molar-refractivity contribution in [3.63, 3.8) is 0 Å². The Bertz CT molecular complexity index is 963. The minimum atomic E-state index is -0.145. The zero-order valence-corrected chi connectivity index (χ0v) is 14.3. The molecule has 0 fully saturated rings. The first-order valence-electron chi connectivity index (χ1n) is 7.69. The third-order valence-electron chi connectivity index (χ3n) is 3.71. The van der Waals surface area contributed by atoms with Crippen LogP contribution in [0.3, 0.4) is 0 Å². The summed E-state index contributed by atoms with van der Waals surface area (Å²) in [6.07, 6.45) is 0.256. The molecule has 1 amide bonds. The molecular formula is C19H16ClNO4. The fourth-order valence-electron chi connectivity index (χ4n) is 2.43. The summed E-state index contributed by atoms with van der Waals surface area (Å²) < 4.78 is 11.0. The molecule has 0 saturated heterocycles. The van der Waals surface area contributed by atoms with Crippen LogP contribution >= 0.6 is 11.6 Å². The minimum absolute atomic E-state index is 0.144. The largest absolute Gasteiger partial charge is 0.497 e. The summed E-state index contributed by atoms with van der Waals surface area (Å²) in [4.78, 5) is 23.9. The molecule has 1 heterocycles. The molecule has 3 rings (SSSR count). The molecule has 0 atom stereocenters. The van der Waals surface area contributed by atoms with Crippen molar-refractivity contribution in [2.24, 2.45) is 0 Å². The Morgan fingerprint density at radius 3 is 2.60 bits per heavy atom. The highest BCUT2D eigenvalue weighted by Crippen LogP contribution is 2.25. The van der Waals surface area contributed by atoms with E-state index < -0.39 is 0 Å². The first-order chi connectivity index (χ1) is 12.1. The number of carbonyl (C=O) groups excluding carboxylic acids is 1. The second kappa shape index (κ2) is 7.40. The Morgan fingerprint density at radius 2 is 1.92 bits per heavy atom. The van der Waals surface area contributed by atoms with Crippen LogP contribution in [0, 0.1) is 0 Å². The normalized spacial score (nSPS) is 10.6. The molecule has 25 heavy (non-hydrogen) atoms. The van der Waals surface area contributed by atoms with Crippen LogP contribution < -0.4 is 15.5 Å². The van der Waals surface area contributed by atoms with Crippen LogP contribution in [0.4, 0.5) is 5.69 Å². The van der Waals surface area contributed by atoms with E-state index in [4.69, 9.17) is 20.8 Å². The van der Waals surface area contributed by atoms with Crippen molar-refractivity contribution in [1.82, 2.24) is 0 Å². The van der Waals surface area contributed by atoms with Crippen molar-refractivity contribution in [2.75, 3.05) is 18.3 Å². The molecule has 0 radical (unpaired) electrons. The van der Waals surface area contributed by atoms with Gasteiger partial charge in [0.1, 0.15) is 17.1 Å². The fourth-order valence-corrected chi connectivity index (χ4v) is 2.60. The third-order valence-corrected chi connectivity index (χ3v) is 3.90. The number of methoxy groups -OCH3 is 1. The maximum absolute atomic E-state index is 12.3. The van der Waals surface area contributed by atoms with Gasteiger partial charge in [0.05, 0.1) is 12.5 Å². The molecule has 0 aliphatic rings. The molecule has 2 aromatic carbocycles. The predicted molar refractivity (Wildman–Crippen MR) is 98.4 cm³/mol. The highest BCUT2D eigenvalue weighted by Gasteiger charge is 2.09. The smallest absolute Gasteiger partial charge is 0.225 e. The summed E-state index contributed by atoms with van der Waals surface area (Å²) in [6, 6.07) is 13.6. The number of benzene rings is 2. The molecule has 0 saturated carbocycles. The summed E-state index contributed by atoms with van der Waals surface area (Å²) in [5.41, 5.74) is 1.74. The zero-order valence-electron chi connectivity index (χ0n) is 13.5. The Labute approximate surface area is 149 Å². The predicted octanol–water partition coefficient (Wildman–Crippen LogP) is 4.04. The lowest BCUT2D eigenvalue weighted by molar-refractivity contribution is -0.115. The third kappa shape index (κ3) is 3.83. The highest BCUT2D eigenvalue weighted by atomic mass is 35.5. The van der Waals surface area contributed by atoms with Crippen molar-refractivity contribution >= 4 is 34.2 Å². The molecule has 6 heteroatoms. The van der Waals surface area contributed by atoms with Gasteiger partial charge >= 0.3 is 0 Å². The lowest BCUT2D eigenvalue weighted by Crippen LogP contribution is -2.11. The molecule has 128 valence electrons. The van der Waals surface area contributed by atoms with Crippen molar-refractivity contribution in [3.8, 4) is 17.1 Å². The number of fused-ring (bicyclic) bond motifs is 1. The second-order valence-electron chi connectivity index (χ2n) is 5.40. The van der Waals surface area contributed by atoms with Crippen LogP contribution in [0.5, 0.6) is 5.75 Å². The molecular weight excluding hydrogens is 342 g/mol. The van der Waals surface area contributed by atoms with E-state index in [0.717, 1.165) is 5.56 Å². The zero-order chi connectivity index (χ0) is 17.8. The Kier molecular flexibility index (Phi) is 5.05. The number of carbonyl (C=O) groups is 1. The molecule has 0 aliphatic carbocycles. The van der Waals surface area contributed by atoms with Crippen LogP contribution in [0.1, 0.15) is 6.42 Å². The van der Waals surface area contributed by atoms with E-state index in [-0.39, 0.29) is 23.6 Å². The second-order valence-corrected chi connectivity index (χ2v) is 5.78. The van der Waals surface area contributed by atoms with E-state index >= 15 is 0 Å². The van der Waals surface area contributed by atoms with Crippen LogP contribution in [-0.4, -0.2) is 18.9 Å². The van der Waals surface area contributed by atoms with Gasteiger partial charge in [-0.1, -0.05) is 0 Å². The monoisotopic (exact) mass is 357 g/mol. The number of halogens is 1. The number of hydrogen-bond acceptors (Lipinski definition) is 4. The van der Waals surface area contributed by atoms with Gasteiger partial charge in [-0.15, -0.1) is 11.6 Å². The number of alkyl halides is 1. The standard InChI is InChI=1S/C19H16ClNO4/c1-24-14-6-7-17-15(10-14)16(22)11-18(25-17)12-2-4-13(5-3-12)21-19(23)8-9-20/h2-7,10-11H,8-9H2,1H3,(H,21,23). The molecule has 1 N–H and O–H groups in total. The first kappa shape index (κ1) is 17.0. The van der Waals surface area contributed by atoms with Crippen LogP contribution in [0.2, 0.25) is 0 Å². The van der Waals surface area contributed by atoms with Gasteiger partial charge in [0.15, 0.2) is 5.43 Å². The topological polar surface area (TPSA) is 68.5 Å². The number of anilines is 1. The summed E-state index contributed by atoms with van der Waals surface area (Å²) in [5.74, 6) is 1.19. The number of ether oxygens (including phenoxy) is 1. The summed E-state index contributed by atoms with van der Waals surface area (Å²) in [5, 5.41) is 3.21. The lowest BCUT2D eigenvalue weighted by atomic mass is 10.1. The van der Waals surface area contributed by atoms with E-state index in [2.05, 4.69) is 5.32 Å². The van der Waals surface area contributed by atoms with Crippen molar-refractivity contribution in [3.05, 3.63) is 58.8 Å². The summed E-state index contributed by atoms with van der Waals surface area (Å²) in [6.45, 7) is 0. The van der Waals surface area contributed by atoms with Crippen LogP contribution in [0.15, 0.2) is 57.7 Å². The number of rotatable bonds is 5.